The van der Waals surface area contributed by atoms with E-state index in [-0.39, 0.29) is 0 Å². The van der Waals surface area contributed by atoms with Crippen LogP contribution in [0.5, 0.6) is 5.75 Å². The van der Waals surface area contributed by atoms with E-state index in [0.717, 1.165) is 49.8 Å². The molecule has 1 saturated heterocycles. The maximum Gasteiger partial charge on any atom is 0.213 e. The van der Waals surface area contributed by atoms with E-state index in [9.17, 15) is 0 Å². The van der Waals surface area contributed by atoms with Crippen molar-refractivity contribution >= 4 is 11.3 Å². The van der Waals surface area contributed by atoms with E-state index in [1.807, 2.05) is 5.51 Å². The number of aromatic nitrogens is 1. The lowest BCUT2D eigenvalue weighted by Crippen LogP contribution is -2.54. The molecule has 5 heteroatoms. The van der Waals surface area contributed by atoms with Gasteiger partial charge in [0, 0.05) is 49.3 Å². The Bertz CT molecular complexity index is 734. The van der Waals surface area contributed by atoms with Crippen LogP contribution in [0.25, 0.3) is 0 Å². The molecule has 4 nitrogen and oxygen atoms in total. The summed E-state index contributed by atoms with van der Waals surface area (Å²) in [6.45, 7) is 2.85. The van der Waals surface area contributed by atoms with E-state index in [0.29, 0.717) is 6.61 Å². The van der Waals surface area contributed by atoms with Gasteiger partial charge in [-0.25, -0.2) is 4.98 Å². The highest BCUT2D eigenvalue weighted by Gasteiger charge is 2.42. The lowest BCUT2D eigenvalue weighted by atomic mass is 9.89. The second kappa shape index (κ2) is 6.38. The summed E-state index contributed by atoms with van der Waals surface area (Å²) < 4.78 is 12.6. The second-order valence-corrected chi connectivity index (χ2v) is 8.24. The first-order valence-corrected chi connectivity index (χ1v) is 10.3. The van der Waals surface area contributed by atoms with Gasteiger partial charge < -0.3 is 9.47 Å². The molecule has 0 radical (unpaired) electrons. The van der Waals surface area contributed by atoms with Gasteiger partial charge in [-0.2, -0.15) is 0 Å². The highest BCUT2D eigenvalue weighted by atomic mass is 32.1. The number of thiazole rings is 1. The molecule has 2 aliphatic heterocycles. The zero-order valence-corrected chi connectivity index (χ0v) is 15.3. The van der Waals surface area contributed by atoms with Crippen molar-refractivity contribution in [3.05, 3.63) is 45.9 Å². The van der Waals surface area contributed by atoms with E-state index in [4.69, 9.17) is 9.47 Å². The van der Waals surface area contributed by atoms with Crippen LogP contribution in [0.4, 0.5) is 0 Å². The molecule has 1 aromatic heterocycles. The fraction of sp³-hybridized carbons (Fsp3) is 0.550. The zero-order chi connectivity index (χ0) is 16.7. The summed E-state index contributed by atoms with van der Waals surface area (Å²) in [5.41, 5.74) is 5.45. The first-order chi connectivity index (χ1) is 12.3. The highest BCUT2D eigenvalue weighted by Crippen LogP contribution is 2.39. The average Bonchev–Trinajstić information content (AvgIpc) is 3.09. The minimum atomic E-state index is -0.399. The number of fused-ring (bicyclic) bond motifs is 1. The summed E-state index contributed by atoms with van der Waals surface area (Å²) in [6.07, 6.45) is 6.97. The number of hydrogen-bond acceptors (Lipinski definition) is 5. The Labute approximate surface area is 152 Å². The van der Waals surface area contributed by atoms with Gasteiger partial charge in [-0.15, -0.1) is 11.3 Å². The van der Waals surface area contributed by atoms with Crippen molar-refractivity contribution < 1.29 is 9.47 Å². The van der Waals surface area contributed by atoms with Crippen molar-refractivity contribution in [2.24, 2.45) is 0 Å². The number of piperidine rings is 1. The van der Waals surface area contributed by atoms with E-state index >= 15 is 0 Å². The largest absolute Gasteiger partial charge is 0.462 e. The molecule has 2 aromatic rings. The Hall–Kier alpha value is -1.43. The van der Waals surface area contributed by atoms with E-state index in [2.05, 4.69) is 33.5 Å². The topological polar surface area (TPSA) is 34.6 Å². The molecular weight excluding hydrogens is 332 g/mol. The molecule has 3 aliphatic rings. The molecule has 132 valence electrons. The summed E-state index contributed by atoms with van der Waals surface area (Å²) >= 11 is 1.65. The van der Waals surface area contributed by atoms with Crippen LogP contribution in [-0.2, 0) is 17.8 Å². The van der Waals surface area contributed by atoms with Gasteiger partial charge in [0.15, 0.2) is 0 Å². The van der Waals surface area contributed by atoms with Crippen LogP contribution in [0.15, 0.2) is 29.1 Å². The van der Waals surface area contributed by atoms with Gasteiger partial charge in [-0.1, -0.05) is 12.5 Å². The number of hydrogen-bond donors (Lipinski definition) is 0. The predicted octanol–water partition coefficient (Wildman–Crippen LogP) is 3.99. The fourth-order valence-electron chi connectivity index (χ4n) is 4.16. The highest BCUT2D eigenvalue weighted by molar-refractivity contribution is 7.07. The Balaban J connectivity index is 1.27. The van der Waals surface area contributed by atoms with Gasteiger partial charge in [-0.3, -0.25) is 4.90 Å². The maximum atomic E-state index is 6.37. The maximum absolute atomic E-state index is 6.37. The normalized spacial score (nSPS) is 23.0. The van der Waals surface area contributed by atoms with Crippen molar-refractivity contribution in [2.45, 2.75) is 57.0 Å². The molecule has 1 aromatic carbocycles. The molecule has 25 heavy (non-hydrogen) atoms. The van der Waals surface area contributed by atoms with Crippen molar-refractivity contribution in [1.82, 2.24) is 9.88 Å². The van der Waals surface area contributed by atoms with Crippen molar-refractivity contribution in [3.63, 3.8) is 0 Å². The van der Waals surface area contributed by atoms with Gasteiger partial charge >= 0.3 is 0 Å². The summed E-state index contributed by atoms with van der Waals surface area (Å²) in [6, 6.07) is 7.33. The number of rotatable bonds is 3. The van der Waals surface area contributed by atoms with Crippen LogP contribution >= 0.6 is 11.3 Å². The molecule has 2 fully saturated rings. The predicted molar refractivity (Wildman–Crippen MR) is 98.0 cm³/mol. The van der Waals surface area contributed by atoms with E-state index in [1.54, 1.807) is 11.3 Å². The SMILES string of the molecule is c1nc(Cc2ccc3c(c2)COC2(CCN(C4CCC4)CC2)O3)cs1. The Morgan fingerprint density at radius 2 is 2.12 bits per heavy atom. The molecule has 0 N–H and O–H groups in total. The number of likely N-dealkylation sites (tertiary alicyclic amines) is 1. The zero-order valence-electron chi connectivity index (χ0n) is 14.4. The monoisotopic (exact) mass is 356 g/mol. The van der Waals surface area contributed by atoms with Crippen LogP contribution in [0.1, 0.15) is 48.9 Å². The lowest BCUT2D eigenvalue weighted by molar-refractivity contribution is -0.231. The molecule has 5 rings (SSSR count). The minimum absolute atomic E-state index is 0.399. The summed E-state index contributed by atoms with van der Waals surface area (Å²) in [7, 11) is 0. The van der Waals surface area contributed by atoms with Gasteiger partial charge in [0.2, 0.25) is 5.79 Å². The minimum Gasteiger partial charge on any atom is -0.462 e. The van der Waals surface area contributed by atoms with Crippen molar-refractivity contribution in [1.29, 1.82) is 0 Å². The third kappa shape index (κ3) is 3.09. The van der Waals surface area contributed by atoms with Crippen molar-refractivity contribution in [3.8, 4) is 5.75 Å². The molecular formula is C20H24N2O2S. The van der Waals surface area contributed by atoms with Gasteiger partial charge in [0.1, 0.15) is 5.75 Å². The number of ether oxygens (including phenoxy) is 2. The fourth-order valence-corrected chi connectivity index (χ4v) is 4.71. The third-order valence-corrected chi connectivity index (χ3v) is 6.57. The standard InChI is InChI=1S/C20H24N2O2S/c1-2-18(3-1)22-8-6-20(7-9-22)23-12-16-10-15(4-5-19(16)24-20)11-17-13-25-14-21-17/h4-5,10,13-14,18H,1-3,6-9,11-12H2. The Morgan fingerprint density at radius 1 is 1.24 bits per heavy atom. The Morgan fingerprint density at radius 3 is 2.84 bits per heavy atom. The molecule has 1 saturated carbocycles. The number of nitrogens with zero attached hydrogens (tertiary/aromatic N) is 2. The molecule has 0 amide bonds. The first-order valence-electron chi connectivity index (χ1n) is 9.36. The quantitative estimate of drug-likeness (QED) is 0.833. The van der Waals surface area contributed by atoms with Gasteiger partial charge in [-0.05, 0) is 30.5 Å². The lowest BCUT2D eigenvalue weighted by Gasteiger charge is -2.47. The summed E-state index contributed by atoms with van der Waals surface area (Å²) in [4.78, 5) is 7.01. The van der Waals surface area contributed by atoms with Crippen LogP contribution in [0.2, 0.25) is 0 Å². The molecule has 0 bridgehead atoms. The molecule has 0 atom stereocenters. The van der Waals surface area contributed by atoms with E-state index < -0.39 is 5.79 Å². The Kier molecular flexibility index (Phi) is 4.03. The van der Waals surface area contributed by atoms with Crippen LogP contribution in [0, 0.1) is 0 Å². The third-order valence-electron chi connectivity index (χ3n) is 5.93. The second-order valence-electron chi connectivity index (χ2n) is 7.52. The van der Waals surface area contributed by atoms with Gasteiger partial charge in [0.05, 0.1) is 17.8 Å². The summed E-state index contributed by atoms with van der Waals surface area (Å²) in [5.74, 6) is 0.606. The van der Waals surface area contributed by atoms with Crippen molar-refractivity contribution in [2.75, 3.05) is 13.1 Å². The molecule has 3 heterocycles. The van der Waals surface area contributed by atoms with Crippen LogP contribution < -0.4 is 4.74 Å². The van der Waals surface area contributed by atoms with Gasteiger partial charge in [0.25, 0.3) is 0 Å². The van der Waals surface area contributed by atoms with Crippen LogP contribution in [0.3, 0.4) is 0 Å². The first kappa shape index (κ1) is 15.8. The van der Waals surface area contributed by atoms with E-state index in [1.165, 1.54) is 30.4 Å². The van der Waals surface area contributed by atoms with Crippen LogP contribution in [-0.4, -0.2) is 34.8 Å². The smallest absolute Gasteiger partial charge is 0.213 e. The molecule has 1 spiro atoms. The molecule has 0 unspecified atom stereocenters. The number of benzene rings is 1. The summed E-state index contributed by atoms with van der Waals surface area (Å²) in [5, 5.41) is 2.11. The molecule has 1 aliphatic carbocycles. The average molecular weight is 356 g/mol.